The molecule has 0 heterocycles. The van der Waals surface area contributed by atoms with Gasteiger partial charge in [-0.25, -0.2) is 8.42 Å². The molecule has 148 valence electrons. The number of benzene rings is 2. The minimum atomic E-state index is -3.70. The van der Waals surface area contributed by atoms with Gasteiger partial charge in [0.15, 0.2) is 0 Å². The van der Waals surface area contributed by atoms with Crippen molar-refractivity contribution < 1.29 is 13.2 Å². The second-order valence-corrected chi connectivity index (χ2v) is 7.80. The molecule has 0 aromatic heterocycles. The fourth-order valence-electron chi connectivity index (χ4n) is 2.45. The first-order valence-electron chi connectivity index (χ1n) is 8.53. The van der Waals surface area contributed by atoms with E-state index >= 15 is 0 Å². The Morgan fingerprint density at radius 1 is 1.07 bits per heavy atom. The van der Waals surface area contributed by atoms with Crippen LogP contribution in [-0.2, 0) is 10.0 Å². The minimum Gasteiger partial charge on any atom is -0.350 e. The molecule has 0 saturated heterocycles. The molecule has 1 amide bonds. The van der Waals surface area contributed by atoms with Crippen LogP contribution >= 0.6 is 12.4 Å². The Hall–Kier alpha value is -2.09. The van der Waals surface area contributed by atoms with E-state index in [0.29, 0.717) is 17.8 Å². The molecule has 2 aromatic carbocycles. The minimum absolute atomic E-state index is 0. The van der Waals surface area contributed by atoms with Crippen molar-refractivity contribution in [2.45, 2.75) is 31.7 Å². The van der Waals surface area contributed by atoms with E-state index in [0.717, 1.165) is 12.1 Å². The molecule has 0 aliphatic heterocycles. The second-order valence-electron chi connectivity index (χ2n) is 6.11. The van der Waals surface area contributed by atoms with E-state index < -0.39 is 10.0 Å². The van der Waals surface area contributed by atoms with Gasteiger partial charge in [0.05, 0.1) is 10.6 Å². The zero-order valence-corrected chi connectivity index (χ0v) is 17.3. The van der Waals surface area contributed by atoms with Crippen LogP contribution in [0.2, 0.25) is 0 Å². The highest BCUT2D eigenvalue weighted by atomic mass is 35.5. The maximum Gasteiger partial charge on any atom is 0.261 e. The predicted molar refractivity (Wildman–Crippen MR) is 111 cm³/mol. The number of carbonyl (C=O) groups is 1. The van der Waals surface area contributed by atoms with Crippen LogP contribution in [0.15, 0.2) is 53.4 Å². The molecule has 0 bridgehead atoms. The monoisotopic (exact) mass is 411 g/mol. The number of likely N-dealkylation sites (N-methyl/N-ethyl adjacent to an activating group) is 1. The van der Waals surface area contributed by atoms with Crippen molar-refractivity contribution in [2.24, 2.45) is 0 Å². The number of para-hydroxylation sites is 1. The highest BCUT2D eigenvalue weighted by Gasteiger charge is 2.16. The van der Waals surface area contributed by atoms with E-state index in [1.807, 2.05) is 32.9 Å². The molecule has 2 rings (SSSR count). The number of sulfonamides is 1. The predicted octanol–water partition coefficient (Wildman–Crippen LogP) is 2.95. The quantitative estimate of drug-likeness (QED) is 0.623. The van der Waals surface area contributed by atoms with Crippen LogP contribution in [0.3, 0.4) is 0 Å². The second kappa shape index (κ2) is 10.3. The molecule has 27 heavy (non-hydrogen) atoms. The first-order chi connectivity index (χ1) is 12.3. The zero-order valence-electron chi connectivity index (χ0n) is 15.7. The molecule has 1 atom stereocenters. The molecule has 0 unspecified atom stereocenters. The first-order valence-corrected chi connectivity index (χ1v) is 10.0. The van der Waals surface area contributed by atoms with Gasteiger partial charge in [0.25, 0.3) is 15.9 Å². The van der Waals surface area contributed by atoms with Gasteiger partial charge < -0.3 is 10.6 Å². The lowest BCUT2D eigenvalue weighted by Gasteiger charge is -2.13. The van der Waals surface area contributed by atoms with Crippen molar-refractivity contribution in [3.63, 3.8) is 0 Å². The summed E-state index contributed by atoms with van der Waals surface area (Å²) >= 11 is 0. The van der Waals surface area contributed by atoms with Gasteiger partial charge in [-0.1, -0.05) is 25.1 Å². The molecule has 0 saturated carbocycles. The molecule has 0 aliphatic rings. The van der Waals surface area contributed by atoms with Gasteiger partial charge in [0, 0.05) is 18.2 Å². The van der Waals surface area contributed by atoms with E-state index in [-0.39, 0.29) is 29.3 Å². The maximum atomic E-state index is 12.5. The van der Waals surface area contributed by atoms with Crippen molar-refractivity contribution in [2.75, 3.05) is 17.8 Å². The number of hydrogen-bond acceptors (Lipinski definition) is 4. The maximum absolute atomic E-state index is 12.5. The van der Waals surface area contributed by atoms with Crippen molar-refractivity contribution in [3.05, 3.63) is 59.7 Å². The molecular weight excluding hydrogens is 386 g/mol. The molecule has 8 heteroatoms. The summed E-state index contributed by atoms with van der Waals surface area (Å²) in [6.07, 6.45) is 0. The Kier molecular flexibility index (Phi) is 8.75. The van der Waals surface area contributed by atoms with Crippen LogP contribution in [0.4, 0.5) is 5.69 Å². The number of anilines is 1. The van der Waals surface area contributed by atoms with Crippen molar-refractivity contribution >= 4 is 34.0 Å². The standard InChI is InChI=1S/C19H25N3O3S.ClH/c1-4-20-15(3)13-21-19(23)16-9-11-17(12-10-16)26(24,25)22-18-8-6-5-7-14(18)2;/h5-12,15,20,22H,4,13H2,1-3H3,(H,21,23);1H/t15-;/m1./s1. The average molecular weight is 412 g/mol. The smallest absolute Gasteiger partial charge is 0.261 e. The van der Waals surface area contributed by atoms with Crippen molar-refractivity contribution in [3.8, 4) is 0 Å². The number of hydrogen-bond donors (Lipinski definition) is 3. The van der Waals surface area contributed by atoms with E-state index in [1.54, 1.807) is 12.1 Å². The number of amides is 1. The topological polar surface area (TPSA) is 87.3 Å². The lowest BCUT2D eigenvalue weighted by atomic mass is 10.2. The number of carbonyl (C=O) groups excluding carboxylic acids is 1. The van der Waals surface area contributed by atoms with Gasteiger partial charge in [-0.3, -0.25) is 9.52 Å². The van der Waals surface area contributed by atoms with Crippen LogP contribution in [0.1, 0.15) is 29.8 Å². The van der Waals surface area contributed by atoms with E-state index in [9.17, 15) is 13.2 Å². The highest BCUT2D eigenvalue weighted by molar-refractivity contribution is 7.92. The van der Waals surface area contributed by atoms with Gasteiger partial charge in [0.2, 0.25) is 0 Å². The summed E-state index contributed by atoms with van der Waals surface area (Å²) in [5.74, 6) is -0.231. The summed E-state index contributed by atoms with van der Waals surface area (Å²) < 4.78 is 27.6. The van der Waals surface area contributed by atoms with Crippen LogP contribution < -0.4 is 15.4 Å². The number of rotatable bonds is 8. The molecule has 0 fully saturated rings. The first kappa shape index (κ1) is 23.0. The molecule has 0 aliphatic carbocycles. The molecular formula is C19H26ClN3O3S. The average Bonchev–Trinajstić information content (AvgIpc) is 2.62. The van der Waals surface area contributed by atoms with Crippen molar-refractivity contribution in [1.82, 2.24) is 10.6 Å². The summed E-state index contributed by atoms with van der Waals surface area (Å²) in [4.78, 5) is 12.3. The van der Waals surface area contributed by atoms with Crippen LogP contribution in [0.5, 0.6) is 0 Å². The van der Waals surface area contributed by atoms with E-state index in [1.165, 1.54) is 24.3 Å². The lowest BCUT2D eigenvalue weighted by Crippen LogP contribution is -2.38. The van der Waals surface area contributed by atoms with Crippen molar-refractivity contribution in [1.29, 1.82) is 0 Å². The third kappa shape index (κ3) is 6.53. The molecule has 3 N–H and O–H groups in total. The fourth-order valence-corrected chi connectivity index (χ4v) is 3.58. The summed E-state index contributed by atoms with van der Waals surface area (Å²) in [7, 11) is -3.70. The highest BCUT2D eigenvalue weighted by Crippen LogP contribution is 2.19. The number of halogens is 1. The largest absolute Gasteiger partial charge is 0.350 e. The number of nitrogens with one attached hydrogen (secondary N) is 3. The van der Waals surface area contributed by atoms with Gasteiger partial charge in [-0.2, -0.15) is 0 Å². The molecule has 6 nitrogen and oxygen atoms in total. The zero-order chi connectivity index (χ0) is 19.2. The Morgan fingerprint density at radius 2 is 1.70 bits per heavy atom. The summed E-state index contributed by atoms with van der Waals surface area (Å²) in [6.45, 7) is 7.15. The molecule has 2 aromatic rings. The summed E-state index contributed by atoms with van der Waals surface area (Å²) in [5, 5.41) is 6.03. The van der Waals surface area contributed by atoms with Gasteiger partial charge in [0.1, 0.15) is 0 Å². The van der Waals surface area contributed by atoms with Crippen LogP contribution in [0, 0.1) is 6.92 Å². The Labute approximate surface area is 167 Å². The Balaban J connectivity index is 0.00000364. The van der Waals surface area contributed by atoms with Crippen LogP contribution in [0.25, 0.3) is 0 Å². The van der Waals surface area contributed by atoms with Gasteiger partial charge in [-0.05, 0) is 56.3 Å². The fraction of sp³-hybridized carbons (Fsp3) is 0.316. The van der Waals surface area contributed by atoms with Gasteiger partial charge >= 0.3 is 0 Å². The third-order valence-electron chi connectivity index (χ3n) is 3.94. The molecule has 0 spiro atoms. The summed E-state index contributed by atoms with van der Waals surface area (Å²) in [6, 6.07) is 13.2. The van der Waals surface area contributed by atoms with E-state index in [4.69, 9.17) is 0 Å². The Bertz CT molecular complexity index is 855. The third-order valence-corrected chi connectivity index (χ3v) is 5.32. The molecule has 0 radical (unpaired) electrons. The van der Waals surface area contributed by atoms with E-state index in [2.05, 4.69) is 15.4 Å². The van der Waals surface area contributed by atoms with Gasteiger partial charge in [-0.15, -0.1) is 12.4 Å². The number of aryl methyl sites for hydroxylation is 1. The normalized spacial score (nSPS) is 12.0. The summed E-state index contributed by atoms with van der Waals surface area (Å²) in [5.41, 5.74) is 1.79. The lowest BCUT2D eigenvalue weighted by molar-refractivity contribution is 0.0950. The Morgan fingerprint density at radius 3 is 2.30 bits per heavy atom. The van der Waals surface area contributed by atoms with Crippen LogP contribution in [-0.4, -0.2) is 33.5 Å². The SMILES string of the molecule is CCN[C@H](C)CNC(=O)c1ccc(S(=O)(=O)Nc2ccccc2C)cc1.Cl.